The number of allylic oxidation sites excluding steroid dienone is 1. The number of carbonyl (C=O) groups is 1. The lowest BCUT2D eigenvalue weighted by Gasteiger charge is -2.10. The van der Waals surface area contributed by atoms with E-state index >= 15 is 0 Å². The minimum Gasteiger partial charge on any atom is -0.338 e. The summed E-state index contributed by atoms with van der Waals surface area (Å²) >= 11 is 0. The van der Waals surface area contributed by atoms with Crippen LogP contribution in [0, 0.1) is 5.92 Å². The SMILES string of the molecule is CCCCNC(=O)N/C=C(\C)C1CCCC1. The molecule has 0 atom stereocenters. The van der Waals surface area contributed by atoms with Crippen LogP contribution in [0.15, 0.2) is 11.8 Å². The van der Waals surface area contributed by atoms with E-state index in [1.807, 2.05) is 6.20 Å². The number of carbonyl (C=O) groups excluding carboxylic acids is 1. The monoisotopic (exact) mass is 224 g/mol. The van der Waals surface area contributed by atoms with Gasteiger partial charge in [-0.05, 0) is 32.1 Å². The third-order valence-corrected chi connectivity index (χ3v) is 3.25. The van der Waals surface area contributed by atoms with Crippen LogP contribution in [0.25, 0.3) is 0 Å². The molecule has 0 aromatic rings. The van der Waals surface area contributed by atoms with Gasteiger partial charge in [-0.15, -0.1) is 0 Å². The van der Waals surface area contributed by atoms with Crippen molar-refractivity contribution in [3.05, 3.63) is 11.8 Å². The van der Waals surface area contributed by atoms with E-state index in [2.05, 4.69) is 24.5 Å². The van der Waals surface area contributed by atoms with Gasteiger partial charge in [0.25, 0.3) is 0 Å². The molecule has 1 rings (SSSR count). The minimum absolute atomic E-state index is 0.0780. The average molecular weight is 224 g/mol. The fourth-order valence-corrected chi connectivity index (χ4v) is 2.11. The van der Waals surface area contributed by atoms with Crippen LogP contribution in [-0.2, 0) is 0 Å². The minimum atomic E-state index is -0.0780. The third-order valence-electron chi connectivity index (χ3n) is 3.25. The van der Waals surface area contributed by atoms with Gasteiger partial charge in [-0.3, -0.25) is 0 Å². The predicted molar refractivity (Wildman–Crippen MR) is 67.2 cm³/mol. The molecule has 92 valence electrons. The molecular weight excluding hydrogens is 200 g/mol. The van der Waals surface area contributed by atoms with Crippen LogP contribution < -0.4 is 10.6 Å². The largest absolute Gasteiger partial charge is 0.338 e. The number of amides is 2. The lowest BCUT2D eigenvalue weighted by Crippen LogP contribution is -2.33. The van der Waals surface area contributed by atoms with Crippen molar-refractivity contribution in [1.82, 2.24) is 10.6 Å². The Labute approximate surface area is 98.7 Å². The topological polar surface area (TPSA) is 41.1 Å². The van der Waals surface area contributed by atoms with Crippen molar-refractivity contribution >= 4 is 6.03 Å². The fourth-order valence-electron chi connectivity index (χ4n) is 2.11. The highest BCUT2D eigenvalue weighted by atomic mass is 16.2. The van der Waals surface area contributed by atoms with Gasteiger partial charge < -0.3 is 10.6 Å². The molecule has 2 N–H and O–H groups in total. The molecule has 0 spiro atoms. The highest BCUT2D eigenvalue weighted by Gasteiger charge is 2.16. The van der Waals surface area contributed by atoms with E-state index in [0.717, 1.165) is 19.4 Å². The molecule has 0 aromatic heterocycles. The smallest absolute Gasteiger partial charge is 0.318 e. The van der Waals surface area contributed by atoms with Crippen LogP contribution in [0.3, 0.4) is 0 Å². The van der Waals surface area contributed by atoms with Crippen LogP contribution in [0.5, 0.6) is 0 Å². The zero-order chi connectivity index (χ0) is 11.8. The van der Waals surface area contributed by atoms with Gasteiger partial charge in [-0.25, -0.2) is 4.79 Å². The summed E-state index contributed by atoms with van der Waals surface area (Å²) in [6.07, 6.45) is 9.24. The van der Waals surface area contributed by atoms with E-state index in [1.54, 1.807) is 0 Å². The van der Waals surface area contributed by atoms with E-state index in [4.69, 9.17) is 0 Å². The molecule has 0 heterocycles. The summed E-state index contributed by atoms with van der Waals surface area (Å²) in [4.78, 5) is 11.4. The Bertz CT molecular complexity index is 242. The number of rotatable bonds is 5. The summed E-state index contributed by atoms with van der Waals surface area (Å²) in [6.45, 7) is 4.99. The molecule has 0 bridgehead atoms. The van der Waals surface area contributed by atoms with Crippen LogP contribution in [0.4, 0.5) is 4.79 Å². The zero-order valence-electron chi connectivity index (χ0n) is 10.5. The Morgan fingerprint density at radius 3 is 2.69 bits per heavy atom. The lowest BCUT2D eigenvalue weighted by molar-refractivity contribution is 0.244. The van der Waals surface area contributed by atoms with Crippen LogP contribution in [0.1, 0.15) is 52.4 Å². The van der Waals surface area contributed by atoms with Gasteiger partial charge in [-0.1, -0.05) is 31.8 Å². The average Bonchev–Trinajstić information content (AvgIpc) is 2.79. The number of nitrogens with one attached hydrogen (secondary N) is 2. The number of unbranched alkanes of at least 4 members (excludes halogenated alkanes) is 1. The molecule has 0 aromatic carbocycles. The molecule has 0 radical (unpaired) electrons. The number of hydrogen-bond donors (Lipinski definition) is 2. The second-order valence-electron chi connectivity index (χ2n) is 4.62. The summed E-state index contributed by atoms with van der Waals surface area (Å²) in [5.74, 6) is 0.691. The maximum Gasteiger partial charge on any atom is 0.318 e. The molecule has 3 heteroatoms. The Morgan fingerprint density at radius 2 is 2.06 bits per heavy atom. The first-order valence-corrected chi connectivity index (χ1v) is 6.45. The summed E-state index contributed by atoms with van der Waals surface area (Å²) < 4.78 is 0. The summed E-state index contributed by atoms with van der Waals surface area (Å²) in [7, 11) is 0. The van der Waals surface area contributed by atoms with Gasteiger partial charge in [0.2, 0.25) is 0 Å². The number of urea groups is 1. The molecule has 16 heavy (non-hydrogen) atoms. The Kier molecular flexibility index (Phi) is 5.98. The van der Waals surface area contributed by atoms with Crippen molar-refractivity contribution < 1.29 is 4.79 Å². The highest BCUT2D eigenvalue weighted by Crippen LogP contribution is 2.30. The molecule has 0 saturated heterocycles. The molecule has 0 aliphatic heterocycles. The zero-order valence-corrected chi connectivity index (χ0v) is 10.5. The molecular formula is C13H24N2O. The molecule has 1 aliphatic rings. The summed E-state index contributed by atoms with van der Waals surface area (Å²) in [5, 5.41) is 5.64. The van der Waals surface area contributed by atoms with Gasteiger partial charge in [0.15, 0.2) is 0 Å². The first kappa shape index (κ1) is 13.1. The normalized spacial score (nSPS) is 17.5. The van der Waals surface area contributed by atoms with Crippen molar-refractivity contribution in [2.24, 2.45) is 5.92 Å². The molecule has 3 nitrogen and oxygen atoms in total. The van der Waals surface area contributed by atoms with Gasteiger partial charge in [-0.2, -0.15) is 0 Å². The quantitative estimate of drug-likeness (QED) is 0.692. The van der Waals surface area contributed by atoms with E-state index in [0.29, 0.717) is 5.92 Å². The van der Waals surface area contributed by atoms with Gasteiger partial charge in [0, 0.05) is 12.7 Å². The van der Waals surface area contributed by atoms with E-state index in [1.165, 1.54) is 31.3 Å². The van der Waals surface area contributed by atoms with Gasteiger partial charge >= 0.3 is 6.03 Å². The molecule has 1 saturated carbocycles. The van der Waals surface area contributed by atoms with Gasteiger partial charge in [0.05, 0.1) is 0 Å². The van der Waals surface area contributed by atoms with Crippen LogP contribution in [-0.4, -0.2) is 12.6 Å². The van der Waals surface area contributed by atoms with Crippen molar-refractivity contribution in [2.75, 3.05) is 6.54 Å². The second-order valence-corrected chi connectivity index (χ2v) is 4.62. The first-order chi connectivity index (χ1) is 7.74. The van der Waals surface area contributed by atoms with Crippen molar-refractivity contribution in [3.63, 3.8) is 0 Å². The summed E-state index contributed by atoms with van der Waals surface area (Å²) in [5.41, 5.74) is 1.31. The Hall–Kier alpha value is -0.990. The van der Waals surface area contributed by atoms with Crippen molar-refractivity contribution in [3.8, 4) is 0 Å². The van der Waals surface area contributed by atoms with E-state index < -0.39 is 0 Å². The third kappa shape index (κ3) is 4.69. The van der Waals surface area contributed by atoms with Crippen molar-refractivity contribution in [1.29, 1.82) is 0 Å². The number of hydrogen-bond acceptors (Lipinski definition) is 1. The first-order valence-electron chi connectivity index (χ1n) is 6.45. The maximum atomic E-state index is 11.4. The lowest BCUT2D eigenvalue weighted by atomic mass is 10.0. The molecule has 0 unspecified atom stereocenters. The van der Waals surface area contributed by atoms with Crippen molar-refractivity contribution in [2.45, 2.75) is 52.4 Å². The van der Waals surface area contributed by atoms with Crippen LogP contribution in [0.2, 0.25) is 0 Å². The van der Waals surface area contributed by atoms with E-state index in [9.17, 15) is 4.79 Å². The van der Waals surface area contributed by atoms with E-state index in [-0.39, 0.29) is 6.03 Å². The highest BCUT2D eigenvalue weighted by molar-refractivity contribution is 5.74. The van der Waals surface area contributed by atoms with Gasteiger partial charge in [0.1, 0.15) is 0 Å². The predicted octanol–water partition coefficient (Wildman–Crippen LogP) is 3.18. The second kappa shape index (κ2) is 7.31. The molecule has 1 fully saturated rings. The molecule has 1 aliphatic carbocycles. The Balaban J connectivity index is 2.20. The standard InChI is InChI=1S/C13H24N2O/c1-3-4-9-14-13(16)15-10-11(2)12-7-5-6-8-12/h10,12H,3-9H2,1-2H3,(H2,14,15,16)/b11-10+. The maximum absolute atomic E-state index is 11.4. The fraction of sp³-hybridized carbons (Fsp3) is 0.769. The Morgan fingerprint density at radius 1 is 1.38 bits per heavy atom. The molecule has 2 amide bonds. The van der Waals surface area contributed by atoms with Crippen LogP contribution >= 0.6 is 0 Å². The summed E-state index contributed by atoms with van der Waals surface area (Å²) in [6, 6.07) is -0.0780.